The Morgan fingerprint density at radius 2 is 2.31 bits per heavy atom. The molecule has 2 aromatic rings. The highest BCUT2D eigenvalue weighted by Gasteiger charge is 2.31. The number of nitro groups is 1. The van der Waals surface area contributed by atoms with Crippen molar-refractivity contribution in [1.82, 2.24) is 14.9 Å². The lowest BCUT2D eigenvalue weighted by atomic mass is 10.2. The molecular weight excluding hydrogens is 342 g/mol. The Kier molecular flexibility index (Phi) is 4.94. The molecule has 2 N–H and O–H groups in total. The number of aryl methyl sites for hydroxylation is 1. The quantitative estimate of drug-likeness (QED) is 0.592. The number of nitrogens with one attached hydrogen (secondary N) is 1. The predicted molar refractivity (Wildman–Crippen MR) is 94.8 cm³/mol. The molecule has 1 aromatic carbocycles. The van der Waals surface area contributed by atoms with Crippen molar-refractivity contribution in [3.8, 4) is 0 Å². The van der Waals surface area contributed by atoms with E-state index in [1.54, 1.807) is 13.2 Å². The summed E-state index contributed by atoms with van der Waals surface area (Å²) in [7, 11) is 1.62. The average molecular weight is 363 g/mol. The first-order chi connectivity index (χ1) is 12.4. The lowest BCUT2D eigenvalue weighted by molar-refractivity contribution is -0.384. The summed E-state index contributed by atoms with van der Waals surface area (Å²) in [6.07, 6.45) is -0.507. The molecular formula is C16H21N5O5. The van der Waals surface area contributed by atoms with E-state index in [1.165, 1.54) is 6.07 Å². The fourth-order valence-electron chi connectivity index (χ4n) is 3.46. The number of fused-ring (bicyclic) bond motifs is 1. The monoisotopic (exact) mass is 363 g/mol. The summed E-state index contributed by atoms with van der Waals surface area (Å²) in [6, 6.07) is 2.93. The molecule has 1 unspecified atom stereocenters. The summed E-state index contributed by atoms with van der Waals surface area (Å²) < 4.78 is 7.10. The van der Waals surface area contributed by atoms with E-state index in [0.717, 1.165) is 11.3 Å². The van der Waals surface area contributed by atoms with E-state index >= 15 is 0 Å². The van der Waals surface area contributed by atoms with Crippen LogP contribution in [0.4, 0.5) is 16.2 Å². The van der Waals surface area contributed by atoms with Crippen LogP contribution in [-0.2, 0) is 11.3 Å². The molecule has 1 atom stereocenters. The zero-order valence-corrected chi connectivity index (χ0v) is 14.6. The average Bonchev–Trinajstić information content (AvgIpc) is 3.15. The van der Waals surface area contributed by atoms with Crippen molar-refractivity contribution < 1.29 is 19.6 Å². The number of nitro benzene ring substituents is 1. The normalized spacial score (nSPS) is 17.0. The number of carboxylic acid groups (broad SMARTS) is 1. The summed E-state index contributed by atoms with van der Waals surface area (Å²) in [5, 5.41) is 22.9. The van der Waals surface area contributed by atoms with Gasteiger partial charge in [-0.25, -0.2) is 9.78 Å². The van der Waals surface area contributed by atoms with Crippen molar-refractivity contribution in [3.05, 3.63) is 28.1 Å². The molecule has 10 heteroatoms. The number of rotatable bonds is 6. The van der Waals surface area contributed by atoms with Crippen LogP contribution in [0, 0.1) is 17.0 Å². The number of benzene rings is 1. The van der Waals surface area contributed by atoms with Crippen LogP contribution in [0.25, 0.3) is 11.0 Å². The molecule has 0 radical (unpaired) electrons. The first-order valence-electron chi connectivity index (χ1n) is 8.30. The second-order valence-electron chi connectivity index (χ2n) is 6.24. The number of hydrogen-bond donors (Lipinski definition) is 2. The molecule has 26 heavy (non-hydrogen) atoms. The first kappa shape index (κ1) is 17.9. The highest BCUT2D eigenvalue weighted by Crippen LogP contribution is 2.37. The van der Waals surface area contributed by atoms with Crippen molar-refractivity contribution in [3.63, 3.8) is 0 Å². The predicted octanol–water partition coefficient (Wildman–Crippen LogP) is 1.75. The molecule has 0 bridgehead atoms. The Morgan fingerprint density at radius 1 is 1.54 bits per heavy atom. The number of nitrogens with zero attached hydrogens (tertiary/aromatic N) is 4. The summed E-state index contributed by atoms with van der Waals surface area (Å²) in [5.74, 6) is 0.748. The molecule has 0 spiro atoms. The van der Waals surface area contributed by atoms with Crippen LogP contribution in [0.15, 0.2) is 12.1 Å². The summed E-state index contributed by atoms with van der Waals surface area (Å²) in [4.78, 5) is 28.4. The number of anilines is 1. The number of methoxy groups -OCH3 is 1. The van der Waals surface area contributed by atoms with Gasteiger partial charge in [-0.05, 0) is 19.4 Å². The molecule has 10 nitrogen and oxygen atoms in total. The van der Waals surface area contributed by atoms with E-state index in [1.807, 2.05) is 16.4 Å². The molecule has 1 amide bonds. The molecule has 140 valence electrons. The maximum atomic E-state index is 11.6. The number of hydrogen-bond acceptors (Lipinski definition) is 6. The molecule has 3 rings (SSSR count). The molecule has 1 aliphatic rings. The highest BCUT2D eigenvalue weighted by atomic mass is 16.6. The Hall–Kier alpha value is -2.88. The Labute approximate surface area is 149 Å². The molecule has 1 fully saturated rings. The minimum absolute atomic E-state index is 0.0233. The topological polar surface area (TPSA) is 123 Å². The fraction of sp³-hybridized carbons (Fsp3) is 0.500. The van der Waals surface area contributed by atoms with E-state index in [2.05, 4.69) is 10.3 Å². The third-order valence-corrected chi connectivity index (χ3v) is 4.61. The number of aromatic nitrogens is 2. The van der Waals surface area contributed by atoms with E-state index in [4.69, 9.17) is 9.84 Å². The van der Waals surface area contributed by atoms with Crippen molar-refractivity contribution in [1.29, 1.82) is 0 Å². The van der Waals surface area contributed by atoms with Gasteiger partial charge in [-0.2, -0.15) is 0 Å². The minimum Gasteiger partial charge on any atom is -0.465 e. The summed E-state index contributed by atoms with van der Waals surface area (Å²) in [6.45, 7) is 3.85. The van der Waals surface area contributed by atoms with Crippen LogP contribution in [0.3, 0.4) is 0 Å². The molecule has 2 heterocycles. The SMILES string of the molecule is COCCn1c(C)nc2c(N3CCC(NC(=O)O)C3)c([N+](=O)[O-])ccc21. The van der Waals surface area contributed by atoms with Crippen LogP contribution in [-0.4, -0.2) is 58.5 Å². The van der Waals surface area contributed by atoms with E-state index in [9.17, 15) is 14.9 Å². The largest absolute Gasteiger partial charge is 0.465 e. The molecule has 1 aromatic heterocycles. The second-order valence-corrected chi connectivity index (χ2v) is 6.24. The molecule has 0 saturated carbocycles. The third-order valence-electron chi connectivity index (χ3n) is 4.61. The van der Waals surface area contributed by atoms with Crippen molar-refractivity contribution in [2.45, 2.75) is 25.9 Å². The van der Waals surface area contributed by atoms with Crippen molar-refractivity contribution in [2.75, 3.05) is 31.7 Å². The Bertz CT molecular complexity index is 849. The maximum Gasteiger partial charge on any atom is 0.404 e. The molecule has 1 aliphatic heterocycles. The zero-order chi connectivity index (χ0) is 18.8. The van der Waals surface area contributed by atoms with Crippen LogP contribution in [0.1, 0.15) is 12.2 Å². The van der Waals surface area contributed by atoms with Gasteiger partial charge >= 0.3 is 6.09 Å². The van der Waals surface area contributed by atoms with Gasteiger partial charge in [0.05, 0.1) is 23.1 Å². The van der Waals surface area contributed by atoms with Crippen molar-refractivity contribution in [2.24, 2.45) is 0 Å². The number of carbonyl (C=O) groups is 1. The van der Waals surface area contributed by atoms with E-state index in [-0.39, 0.29) is 11.7 Å². The molecule has 1 saturated heterocycles. The standard InChI is InChI=1S/C16H21N5O5/c1-10-17-14-12(20(10)7-8-26-2)3-4-13(21(24)25)15(14)19-6-5-11(9-19)18-16(22)23/h3-4,11,18H,5-9H2,1-2H3,(H,22,23). The van der Waals surface area contributed by atoms with Gasteiger partial charge in [0.1, 0.15) is 17.0 Å². The lowest BCUT2D eigenvalue weighted by Gasteiger charge is -2.19. The number of amides is 1. The highest BCUT2D eigenvalue weighted by molar-refractivity contribution is 5.95. The van der Waals surface area contributed by atoms with Gasteiger partial charge in [0, 0.05) is 32.8 Å². The van der Waals surface area contributed by atoms with Crippen LogP contribution < -0.4 is 10.2 Å². The Balaban J connectivity index is 2.05. The van der Waals surface area contributed by atoms with Crippen molar-refractivity contribution >= 4 is 28.5 Å². The maximum absolute atomic E-state index is 11.6. The summed E-state index contributed by atoms with van der Waals surface area (Å²) >= 11 is 0. The minimum atomic E-state index is -1.09. The van der Waals surface area contributed by atoms with Crippen LogP contribution >= 0.6 is 0 Å². The first-order valence-corrected chi connectivity index (χ1v) is 8.30. The third kappa shape index (κ3) is 3.27. The van der Waals surface area contributed by atoms with Gasteiger partial charge in [0.2, 0.25) is 0 Å². The Morgan fingerprint density at radius 3 is 2.96 bits per heavy atom. The fourth-order valence-corrected chi connectivity index (χ4v) is 3.46. The number of ether oxygens (including phenoxy) is 1. The summed E-state index contributed by atoms with van der Waals surface area (Å²) in [5.41, 5.74) is 1.78. The van der Waals surface area contributed by atoms with Crippen LogP contribution in [0.2, 0.25) is 0 Å². The van der Waals surface area contributed by atoms with Gasteiger partial charge in [0.15, 0.2) is 0 Å². The second kappa shape index (κ2) is 7.16. The van der Waals surface area contributed by atoms with Crippen LogP contribution in [0.5, 0.6) is 0 Å². The zero-order valence-electron chi connectivity index (χ0n) is 14.6. The molecule has 0 aliphatic carbocycles. The van der Waals surface area contributed by atoms with Gasteiger partial charge in [-0.1, -0.05) is 0 Å². The van der Waals surface area contributed by atoms with E-state index < -0.39 is 11.0 Å². The van der Waals surface area contributed by atoms with E-state index in [0.29, 0.717) is 43.9 Å². The smallest absolute Gasteiger partial charge is 0.404 e. The van der Waals surface area contributed by atoms with Gasteiger partial charge in [-0.15, -0.1) is 0 Å². The van der Waals surface area contributed by atoms with Gasteiger partial charge in [-0.3, -0.25) is 10.1 Å². The van der Waals surface area contributed by atoms with Gasteiger partial charge < -0.3 is 24.6 Å². The lowest BCUT2D eigenvalue weighted by Crippen LogP contribution is -2.36. The number of imidazole rings is 1. The van der Waals surface area contributed by atoms with Gasteiger partial charge in [0.25, 0.3) is 5.69 Å².